The molecular formula is C19H18N2O4S. The van der Waals surface area contributed by atoms with Crippen molar-refractivity contribution in [1.29, 1.82) is 0 Å². The van der Waals surface area contributed by atoms with E-state index in [2.05, 4.69) is 10.3 Å². The van der Waals surface area contributed by atoms with Crippen molar-refractivity contribution in [3.05, 3.63) is 58.9 Å². The number of aromatic hydroxyl groups is 1. The number of amides is 1. The molecule has 0 aliphatic heterocycles. The number of nitrogens with one attached hydrogen (secondary N) is 1. The van der Waals surface area contributed by atoms with E-state index in [1.807, 2.05) is 17.5 Å². The highest BCUT2D eigenvalue weighted by atomic mass is 32.1. The molecule has 3 rings (SSSR count). The Labute approximate surface area is 155 Å². The fourth-order valence-corrected chi connectivity index (χ4v) is 3.01. The highest BCUT2D eigenvalue weighted by Gasteiger charge is 2.09. The molecule has 0 radical (unpaired) electrons. The van der Waals surface area contributed by atoms with Crippen LogP contribution in [0.4, 0.5) is 0 Å². The summed E-state index contributed by atoms with van der Waals surface area (Å²) in [6.45, 7) is 0.230. The molecule has 1 amide bonds. The fraction of sp³-hybridized carbons (Fsp3) is 0.158. The van der Waals surface area contributed by atoms with Gasteiger partial charge in [-0.05, 0) is 36.4 Å². The number of nitrogens with zero attached hydrogens (tertiary/aromatic N) is 1. The number of aromatic nitrogens is 1. The van der Waals surface area contributed by atoms with Crippen LogP contribution in [0, 0.1) is 0 Å². The van der Waals surface area contributed by atoms with Gasteiger partial charge in [0.15, 0.2) is 18.1 Å². The molecule has 2 aromatic carbocycles. The van der Waals surface area contributed by atoms with Crippen LogP contribution in [-0.2, 0) is 11.3 Å². The van der Waals surface area contributed by atoms with Crippen molar-refractivity contribution in [3.8, 4) is 28.5 Å². The van der Waals surface area contributed by atoms with Crippen LogP contribution in [0.1, 0.15) is 5.01 Å². The number of hydrogen-bond donors (Lipinski definition) is 2. The molecule has 0 saturated carbocycles. The predicted octanol–water partition coefficient (Wildman–Crippen LogP) is 3.22. The summed E-state index contributed by atoms with van der Waals surface area (Å²) >= 11 is 1.46. The minimum Gasteiger partial charge on any atom is -0.508 e. The van der Waals surface area contributed by atoms with Crippen molar-refractivity contribution in [2.75, 3.05) is 13.7 Å². The number of ether oxygens (including phenoxy) is 2. The second-order valence-corrected chi connectivity index (χ2v) is 6.33. The zero-order valence-electron chi connectivity index (χ0n) is 14.1. The first-order chi connectivity index (χ1) is 12.7. The molecule has 0 spiro atoms. The Morgan fingerprint density at radius 2 is 1.88 bits per heavy atom. The number of thiazole rings is 1. The number of benzene rings is 2. The summed E-state index contributed by atoms with van der Waals surface area (Å²) in [5.74, 6) is 1.08. The molecule has 134 valence electrons. The molecule has 0 unspecified atom stereocenters. The van der Waals surface area contributed by atoms with Crippen LogP contribution >= 0.6 is 11.3 Å². The topological polar surface area (TPSA) is 80.7 Å². The van der Waals surface area contributed by atoms with E-state index in [1.165, 1.54) is 11.3 Å². The van der Waals surface area contributed by atoms with Gasteiger partial charge in [0.25, 0.3) is 5.91 Å². The second kappa shape index (κ2) is 8.35. The molecule has 2 N–H and O–H groups in total. The lowest BCUT2D eigenvalue weighted by Gasteiger charge is -2.10. The monoisotopic (exact) mass is 370 g/mol. The molecule has 7 heteroatoms. The molecule has 0 aliphatic carbocycles. The highest BCUT2D eigenvalue weighted by Crippen LogP contribution is 2.26. The minimum atomic E-state index is -0.239. The van der Waals surface area contributed by atoms with Crippen LogP contribution in [0.15, 0.2) is 53.9 Å². The SMILES string of the molecule is COc1ccccc1OCC(=O)NCc1nc(-c2ccc(O)cc2)cs1. The number of phenolic OH excluding ortho intramolecular Hbond substituents is 1. The van der Waals surface area contributed by atoms with E-state index in [0.717, 1.165) is 16.3 Å². The Bertz CT molecular complexity index is 877. The number of rotatable bonds is 7. The van der Waals surface area contributed by atoms with Gasteiger partial charge in [0, 0.05) is 10.9 Å². The van der Waals surface area contributed by atoms with Gasteiger partial charge in [-0.2, -0.15) is 0 Å². The van der Waals surface area contributed by atoms with Crippen molar-refractivity contribution < 1.29 is 19.4 Å². The van der Waals surface area contributed by atoms with Gasteiger partial charge in [0.05, 0.1) is 19.3 Å². The fourth-order valence-electron chi connectivity index (χ4n) is 2.26. The number of carbonyl (C=O) groups excluding carboxylic acids is 1. The Morgan fingerprint density at radius 3 is 2.62 bits per heavy atom. The van der Waals surface area contributed by atoms with Crippen LogP contribution in [0.3, 0.4) is 0 Å². The van der Waals surface area contributed by atoms with Crippen LogP contribution in [0.25, 0.3) is 11.3 Å². The van der Waals surface area contributed by atoms with Crippen LogP contribution < -0.4 is 14.8 Å². The molecule has 0 atom stereocenters. The van der Waals surface area contributed by atoms with Crippen molar-refractivity contribution in [1.82, 2.24) is 10.3 Å². The van der Waals surface area contributed by atoms with Crippen molar-refractivity contribution in [3.63, 3.8) is 0 Å². The molecular weight excluding hydrogens is 352 g/mol. The number of carbonyl (C=O) groups is 1. The summed E-state index contributed by atoms with van der Waals surface area (Å²) in [5, 5.41) is 14.8. The van der Waals surface area contributed by atoms with E-state index in [1.54, 1.807) is 43.5 Å². The first-order valence-corrected chi connectivity index (χ1v) is 8.80. The molecule has 6 nitrogen and oxygen atoms in total. The predicted molar refractivity (Wildman–Crippen MR) is 99.6 cm³/mol. The average molecular weight is 370 g/mol. The lowest BCUT2D eigenvalue weighted by Crippen LogP contribution is -2.28. The summed E-state index contributed by atoms with van der Waals surface area (Å²) in [4.78, 5) is 16.5. The van der Waals surface area contributed by atoms with Gasteiger partial charge in [0.2, 0.25) is 0 Å². The third-order valence-electron chi connectivity index (χ3n) is 3.58. The van der Waals surface area contributed by atoms with Crippen molar-refractivity contribution >= 4 is 17.2 Å². The van der Waals surface area contributed by atoms with Crippen LogP contribution in [0.5, 0.6) is 17.2 Å². The quantitative estimate of drug-likeness (QED) is 0.667. The third-order valence-corrected chi connectivity index (χ3v) is 4.43. The van der Waals surface area contributed by atoms with Crippen molar-refractivity contribution in [2.24, 2.45) is 0 Å². The zero-order chi connectivity index (χ0) is 18.4. The molecule has 1 aromatic heterocycles. The Balaban J connectivity index is 1.51. The summed E-state index contributed by atoms with van der Waals surface area (Å²) in [6, 6.07) is 14.0. The van der Waals surface area contributed by atoms with Gasteiger partial charge in [0.1, 0.15) is 10.8 Å². The molecule has 0 bridgehead atoms. The third kappa shape index (κ3) is 4.52. The Morgan fingerprint density at radius 1 is 1.15 bits per heavy atom. The van der Waals surface area contributed by atoms with Crippen LogP contribution in [-0.4, -0.2) is 29.7 Å². The van der Waals surface area contributed by atoms with Crippen LogP contribution in [0.2, 0.25) is 0 Å². The zero-order valence-corrected chi connectivity index (χ0v) is 15.0. The van der Waals surface area contributed by atoms with Gasteiger partial charge < -0.3 is 19.9 Å². The maximum Gasteiger partial charge on any atom is 0.258 e. The largest absolute Gasteiger partial charge is 0.508 e. The number of methoxy groups -OCH3 is 1. The van der Waals surface area contributed by atoms with E-state index in [9.17, 15) is 9.90 Å². The standard InChI is InChI=1S/C19H18N2O4S/c1-24-16-4-2-3-5-17(16)25-11-18(23)20-10-19-21-15(12-26-19)13-6-8-14(22)9-7-13/h2-9,12,22H,10-11H2,1H3,(H,20,23). The molecule has 0 aliphatic rings. The second-order valence-electron chi connectivity index (χ2n) is 5.39. The highest BCUT2D eigenvalue weighted by molar-refractivity contribution is 7.09. The Kier molecular flexibility index (Phi) is 5.70. The minimum absolute atomic E-state index is 0.101. The number of hydrogen-bond acceptors (Lipinski definition) is 6. The van der Waals surface area contributed by atoms with Crippen molar-refractivity contribution in [2.45, 2.75) is 6.54 Å². The van der Waals surface area contributed by atoms with E-state index < -0.39 is 0 Å². The van der Waals surface area contributed by atoms with E-state index in [-0.39, 0.29) is 18.3 Å². The van der Waals surface area contributed by atoms with E-state index in [4.69, 9.17) is 9.47 Å². The first kappa shape index (κ1) is 17.8. The Hall–Kier alpha value is -3.06. The van der Waals surface area contributed by atoms with Gasteiger partial charge in [-0.15, -0.1) is 11.3 Å². The maximum atomic E-state index is 12.0. The average Bonchev–Trinajstić information content (AvgIpc) is 3.14. The van der Waals surface area contributed by atoms with E-state index >= 15 is 0 Å². The molecule has 0 fully saturated rings. The first-order valence-electron chi connectivity index (χ1n) is 7.92. The number of para-hydroxylation sites is 2. The number of phenols is 1. The summed E-state index contributed by atoms with van der Waals surface area (Å²) in [6.07, 6.45) is 0. The smallest absolute Gasteiger partial charge is 0.258 e. The van der Waals surface area contributed by atoms with Gasteiger partial charge in [-0.25, -0.2) is 4.98 Å². The lowest BCUT2D eigenvalue weighted by atomic mass is 10.2. The lowest BCUT2D eigenvalue weighted by molar-refractivity contribution is -0.123. The van der Waals surface area contributed by atoms with Gasteiger partial charge >= 0.3 is 0 Å². The van der Waals surface area contributed by atoms with Gasteiger partial charge in [-0.1, -0.05) is 12.1 Å². The summed E-state index contributed by atoms with van der Waals surface area (Å²) in [7, 11) is 1.55. The van der Waals surface area contributed by atoms with E-state index in [0.29, 0.717) is 18.0 Å². The maximum absolute atomic E-state index is 12.0. The molecule has 1 heterocycles. The summed E-state index contributed by atoms with van der Waals surface area (Å²) in [5.41, 5.74) is 1.72. The normalized spacial score (nSPS) is 10.3. The summed E-state index contributed by atoms with van der Waals surface area (Å²) < 4.78 is 10.7. The van der Waals surface area contributed by atoms with Gasteiger partial charge in [-0.3, -0.25) is 4.79 Å². The molecule has 0 saturated heterocycles. The molecule has 26 heavy (non-hydrogen) atoms. The molecule has 3 aromatic rings.